The van der Waals surface area contributed by atoms with E-state index >= 15 is 0 Å². The summed E-state index contributed by atoms with van der Waals surface area (Å²) < 4.78 is 0. The van der Waals surface area contributed by atoms with Gasteiger partial charge in [-0.2, -0.15) is 0 Å². The van der Waals surface area contributed by atoms with Crippen LogP contribution in [0.2, 0.25) is 0 Å². The Morgan fingerprint density at radius 3 is 1.22 bits per heavy atom. The van der Waals surface area contributed by atoms with Gasteiger partial charge in [0.1, 0.15) is 0 Å². The van der Waals surface area contributed by atoms with Crippen molar-refractivity contribution in [3.63, 3.8) is 0 Å². The minimum atomic E-state index is 0.939. The number of hydrogen-bond donors (Lipinski definition) is 2. The third-order valence-corrected chi connectivity index (χ3v) is 6.03. The summed E-state index contributed by atoms with van der Waals surface area (Å²) in [6.45, 7) is 0. The van der Waals surface area contributed by atoms with Crippen LogP contribution in [0.5, 0.6) is 0 Å². The number of hydrogen-bond acceptors (Lipinski definition) is 3. The second-order valence-corrected chi connectivity index (χ2v) is 8.53. The summed E-state index contributed by atoms with van der Waals surface area (Å²) in [6, 6.07) is 26.4. The number of fused-ring (bicyclic) bond motifs is 8. The molecule has 0 saturated heterocycles. The molecule has 0 spiro atoms. The van der Waals surface area contributed by atoms with Gasteiger partial charge in [-0.25, -0.2) is 9.97 Å². The summed E-state index contributed by atoms with van der Waals surface area (Å²) in [5.41, 5.74) is 7.86. The van der Waals surface area contributed by atoms with Gasteiger partial charge in [0.25, 0.3) is 0 Å². The Kier molecular flexibility index (Phi) is 6.07. The van der Waals surface area contributed by atoms with E-state index in [2.05, 4.69) is 58.8 Å². The molecule has 0 saturated carbocycles. The van der Waals surface area contributed by atoms with Crippen LogP contribution in [0.25, 0.3) is 46.4 Å². The van der Waals surface area contributed by atoms with Crippen LogP contribution in [-0.2, 0) is 14.6 Å². The van der Waals surface area contributed by atoms with Crippen molar-refractivity contribution in [1.82, 2.24) is 19.9 Å². The van der Waals surface area contributed by atoms with Gasteiger partial charge in [-0.3, -0.25) is 0 Å². The number of aromatic amines is 2. The third-order valence-electron chi connectivity index (χ3n) is 4.86. The molecule has 6 rings (SSSR count). The molecule has 2 N–H and O–H groups in total. The van der Waals surface area contributed by atoms with Crippen molar-refractivity contribution < 1.29 is 14.6 Å². The zero-order valence-electron chi connectivity index (χ0n) is 17.0. The van der Waals surface area contributed by atoms with E-state index in [4.69, 9.17) is 0 Å². The molecule has 6 heteroatoms. The number of H-pyrrole nitrogens is 2. The molecule has 0 aliphatic carbocycles. The van der Waals surface area contributed by atoms with Crippen molar-refractivity contribution in [2.45, 2.75) is 4.90 Å². The molecule has 0 atom stereocenters. The number of nitrogens with one attached hydrogen (secondary N) is 2. The molecule has 0 fully saturated rings. The summed E-state index contributed by atoms with van der Waals surface area (Å²) in [7, 11) is 1.46. The molecule has 3 aromatic heterocycles. The topological polar surface area (TPSA) is 57.4 Å². The summed E-state index contributed by atoms with van der Waals surface area (Å²) in [6.07, 6.45) is 8.09. The Bertz CT molecular complexity index is 1290. The van der Waals surface area contributed by atoms with Crippen LogP contribution >= 0.6 is 10.2 Å². The molecule has 0 amide bonds. The number of nitrogens with zero attached hydrogens (tertiary/aromatic N) is 2. The first kappa shape index (κ1) is 20.6. The van der Waals surface area contributed by atoms with Crippen LogP contribution in [0.15, 0.2) is 83.8 Å². The van der Waals surface area contributed by atoms with E-state index in [-0.39, 0.29) is 0 Å². The summed E-state index contributed by atoms with van der Waals surface area (Å²) in [5, 5.41) is 0. The molecule has 5 heterocycles. The molecule has 4 aromatic rings. The van der Waals surface area contributed by atoms with E-state index in [1.54, 1.807) is 0 Å². The van der Waals surface area contributed by atoms with Crippen molar-refractivity contribution >= 4 is 56.6 Å². The van der Waals surface area contributed by atoms with Crippen LogP contribution in [0.1, 0.15) is 22.8 Å². The van der Waals surface area contributed by atoms with Crippen LogP contribution in [0.4, 0.5) is 0 Å². The fourth-order valence-electron chi connectivity index (χ4n) is 3.41. The molecular weight excluding hydrogens is 459 g/mol. The first-order valence-electron chi connectivity index (χ1n) is 10.1. The molecule has 0 radical (unpaired) electrons. The van der Waals surface area contributed by atoms with Gasteiger partial charge in [0.15, 0.2) is 0 Å². The molecule has 4 nitrogen and oxygen atoms in total. The average Bonchev–Trinajstić information content (AvgIpc) is 3.61. The molecule has 1 aromatic carbocycles. The predicted molar refractivity (Wildman–Crippen MR) is 131 cm³/mol. The molecule has 2 aliphatic rings. The van der Waals surface area contributed by atoms with Gasteiger partial charge in [-0.05, 0) is 72.8 Å². The molecule has 158 valence electrons. The number of aromatic nitrogens is 4. The van der Waals surface area contributed by atoms with Crippen molar-refractivity contribution in [1.29, 1.82) is 0 Å². The van der Waals surface area contributed by atoms with E-state index in [9.17, 15) is 0 Å². The first-order valence-corrected chi connectivity index (χ1v) is 12.1. The van der Waals surface area contributed by atoms with Gasteiger partial charge in [-0.15, -0.1) is 0 Å². The van der Waals surface area contributed by atoms with Gasteiger partial charge >= 0.3 is 60.1 Å². The van der Waals surface area contributed by atoms with E-state index in [1.807, 2.05) is 78.9 Å². The maximum absolute atomic E-state index is 4.63. The van der Waals surface area contributed by atoms with Gasteiger partial charge in [0, 0.05) is 22.1 Å². The summed E-state index contributed by atoms with van der Waals surface area (Å²) >= 11 is 4.07. The Morgan fingerprint density at radius 1 is 0.531 bits per heavy atom. The summed E-state index contributed by atoms with van der Waals surface area (Å²) in [4.78, 5) is 17.2. The Labute approximate surface area is 197 Å². The maximum atomic E-state index is 4.63. The zero-order valence-corrected chi connectivity index (χ0v) is 18.8. The number of benzene rings is 1. The van der Waals surface area contributed by atoms with Gasteiger partial charge in [0.05, 0.1) is 22.8 Å². The second kappa shape index (κ2) is 9.44. The summed E-state index contributed by atoms with van der Waals surface area (Å²) in [5.74, 6) is 0. The molecule has 2 aliphatic heterocycles. The minimum absolute atomic E-state index is 0.939. The van der Waals surface area contributed by atoms with Crippen LogP contribution in [-0.4, -0.2) is 19.9 Å². The quantitative estimate of drug-likeness (QED) is 0.270. The van der Waals surface area contributed by atoms with Crippen molar-refractivity contribution in [3.8, 4) is 0 Å². The zero-order chi connectivity index (χ0) is 21.8. The van der Waals surface area contributed by atoms with Gasteiger partial charge in [-0.1, -0.05) is 0 Å². The van der Waals surface area contributed by atoms with E-state index < -0.39 is 0 Å². The average molecular weight is 478 g/mol. The Morgan fingerprint density at radius 2 is 0.906 bits per heavy atom. The van der Waals surface area contributed by atoms with Crippen molar-refractivity contribution in [2.75, 3.05) is 0 Å². The van der Waals surface area contributed by atoms with Crippen LogP contribution in [0, 0.1) is 0 Å². The molecule has 32 heavy (non-hydrogen) atoms. The monoisotopic (exact) mass is 478 g/mol. The fourth-order valence-corrected chi connectivity index (χ4v) is 4.08. The van der Waals surface area contributed by atoms with Gasteiger partial charge in [0.2, 0.25) is 0 Å². The van der Waals surface area contributed by atoms with Crippen molar-refractivity contribution in [2.24, 2.45) is 0 Å². The van der Waals surface area contributed by atoms with Crippen LogP contribution in [0.3, 0.4) is 0 Å². The standard InChI is InChI=1S/C20H14N4.C6H6S.Co/c1-2-14-10-16-5-6-18(23-16)12-20-8-7-19(24-20)11-17-4-3-15(22-17)9-13(1)21-14;7-6-4-2-1-3-5-6;/h1-12,21,24H;1-5,7H;/q;;+1/p-1. The molecule has 0 unspecified atom stereocenters. The van der Waals surface area contributed by atoms with E-state index in [0.29, 0.717) is 0 Å². The Balaban J connectivity index is 0.000000230. The van der Waals surface area contributed by atoms with E-state index in [1.165, 1.54) is 15.1 Å². The fraction of sp³-hybridized carbons (Fsp3) is 0. The molecule has 8 bridgehead atoms. The Hall–Kier alpha value is -3.32. The predicted octanol–water partition coefficient (Wildman–Crippen LogP) is 6.90. The number of rotatable bonds is 1. The van der Waals surface area contributed by atoms with E-state index in [0.717, 1.165) is 44.8 Å². The van der Waals surface area contributed by atoms with Crippen molar-refractivity contribution in [3.05, 3.63) is 102 Å². The van der Waals surface area contributed by atoms with Gasteiger partial charge < -0.3 is 9.97 Å². The normalized spacial score (nSPS) is 11.8. The molecular formula is C26H19CoN4S. The SMILES string of the molecule is C1=Cc2cc3ccc(cc4nc(cc5ccc(cc1n2)[nH]5)C=C4)[nH]3.[Co][S]c1ccccc1. The van der Waals surface area contributed by atoms with Crippen LogP contribution < -0.4 is 0 Å². The third kappa shape index (κ3) is 5.11. The second-order valence-electron chi connectivity index (χ2n) is 7.29. The first-order chi connectivity index (χ1) is 15.7.